The molecule has 0 N–H and O–H groups in total. The van der Waals surface area contributed by atoms with E-state index in [1.54, 1.807) is 0 Å². The van der Waals surface area contributed by atoms with Gasteiger partial charge in [0.1, 0.15) is 4.91 Å². The van der Waals surface area contributed by atoms with E-state index in [0.29, 0.717) is 5.09 Å². The molecule has 24 heavy (non-hydrogen) atoms. The third-order valence-corrected chi connectivity index (χ3v) is 5.57. The van der Waals surface area contributed by atoms with Gasteiger partial charge < -0.3 is 0 Å². The van der Waals surface area contributed by atoms with Crippen LogP contribution in [-0.2, 0) is 9.68 Å². The van der Waals surface area contributed by atoms with Gasteiger partial charge >= 0.3 is 5.09 Å². The minimum atomic E-state index is 0.0418. The number of hydrogen-bond donors (Lipinski definition) is 0. The average Bonchev–Trinajstić information content (AvgIpc) is 2.59. The van der Waals surface area contributed by atoms with Gasteiger partial charge in [-0.15, -0.1) is 0 Å². The molecule has 0 amide bonds. The molecule has 0 saturated heterocycles. The topological polar surface area (TPSA) is 38.5 Å². The van der Waals surface area contributed by atoms with Crippen molar-refractivity contribution >= 4 is 0 Å². The van der Waals surface area contributed by atoms with Crippen molar-refractivity contribution in [1.29, 1.82) is 0 Å². The Kier molecular flexibility index (Phi) is 10.2. The standard InChI is InChI=1S/C20H38NO3/c22-21(23-19-15-11-7-3-1-4-8-12-16-19)24-20-17-13-9-5-2-6-10-14-18-20/h19-20H,1-18H2/q+1. The van der Waals surface area contributed by atoms with E-state index in [1.165, 1.54) is 89.9 Å². The zero-order valence-electron chi connectivity index (χ0n) is 15.6. The first-order chi connectivity index (χ1) is 11.8. The van der Waals surface area contributed by atoms with E-state index in [4.69, 9.17) is 9.68 Å². The van der Waals surface area contributed by atoms with E-state index in [2.05, 4.69) is 0 Å². The van der Waals surface area contributed by atoms with Gasteiger partial charge in [-0.1, -0.05) is 64.2 Å². The highest BCUT2D eigenvalue weighted by Gasteiger charge is 2.27. The van der Waals surface area contributed by atoms with E-state index >= 15 is 0 Å². The van der Waals surface area contributed by atoms with Crippen LogP contribution in [0.2, 0.25) is 0 Å². The first-order valence-corrected chi connectivity index (χ1v) is 10.7. The Bertz CT molecular complexity index is 285. The van der Waals surface area contributed by atoms with Gasteiger partial charge in [-0.05, 0) is 51.4 Å². The molecule has 0 aromatic carbocycles. The molecule has 0 radical (unpaired) electrons. The summed E-state index contributed by atoms with van der Waals surface area (Å²) in [6.45, 7) is 0. The van der Waals surface area contributed by atoms with Gasteiger partial charge in [-0.3, -0.25) is 0 Å². The highest BCUT2D eigenvalue weighted by molar-refractivity contribution is 4.61. The van der Waals surface area contributed by atoms with Crippen molar-refractivity contribution < 1.29 is 14.8 Å². The van der Waals surface area contributed by atoms with Crippen LogP contribution in [0.4, 0.5) is 0 Å². The second-order valence-electron chi connectivity index (χ2n) is 7.78. The summed E-state index contributed by atoms with van der Waals surface area (Å²) in [5, 5.41) is 0.465. The molecule has 140 valence electrons. The van der Waals surface area contributed by atoms with Gasteiger partial charge in [0.2, 0.25) is 0 Å². The molecule has 0 unspecified atom stereocenters. The van der Waals surface area contributed by atoms with Gasteiger partial charge in [-0.2, -0.15) is 9.68 Å². The van der Waals surface area contributed by atoms with Gasteiger partial charge in [0.15, 0.2) is 12.2 Å². The Morgan fingerprint density at radius 3 is 1.00 bits per heavy atom. The van der Waals surface area contributed by atoms with Crippen LogP contribution in [0.1, 0.15) is 116 Å². The Morgan fingerprint density at radius 1 is 0.458 bits per heavy atom. The van der Waals surface area contributed by atoms with Crippen LogP contribution in [0.3, 0.4) is 0 Å². The van der Waals surface area contributed by atoms with Crippen molar-refractivity contribution in [3.8, 4) is 0 Å². The molecular formula is C20H38NO3+. The summed E-state index contributed by atoms with van der Waals surface area (Å²) in [5.41, 5.74) is 0. The normalized spacial score (nSPS) is 24.0. The Labute approximate surface area is 148 Å². The van der Waals surface area contributed by atoms with Gasteiger partial charge in [0, 0.05) is 0 Å². The minimum Gasteiger partial charge on any atom is -0.183 e. The van der Waals surface area contributed by atoms with E-state index in [0.717, 1.165) is 25.7 Å². The number of nitrogens with zero attached hydrogens (tertiary/aromatic N) is 1. The van der Waals surface area contributed by atoms with Crippen LogP contribution in [0.5, 0.6) is 0 Å². The van der Waals surface area contributed by atoms with Crippen LogP contribution in [0, 0.1) is 4.91 Å². The summed E-state index contributed by atoms with van der Waals surface area (Å²) < 4.78 is 0. The molecule has 2 aliphatic carbocycles. The molecule has 0 aromatic rings. The molecule has 4 heteroatoms. The molecular weight excluding hydrogens is 302 g/mol. The maximum atomic E-state index is 12.2. The molecule has 4 nitrogen and oxygen atoms in total. The van der Waals surface area contributed by atoms with Gasteiger partial charge in [-0.25, -0.2) is 0 Å². The maximum Gasteiger partial charge on any atom is 0.478 e. The molecule has 2 rings (SSSR count). The Morgan fingerprint density at radius 2 is 0.708 bits per heavy atom. The van der Waals surface area contributed by atoms with E-state index in [1.807, 2.05) is 0 Å². The lowest BCUT2D eigenvalue weighted by atomic mass is 9.99. The second-order valence-corrected chi connectivity index (χ2v) is 7.78. The van der Waals surface area contributed by atoms with Crippen LogP contribution >= 0.6 is 0 Å². The quantitative estimate of drug-likeness (QED) is 0.555. The summed E-state index contributed by atoms with van der Waals surface area (Å²) in [4.78, 5) is 23.4. The molecule has 0 aromatic heterocycles. The SMILES string of the molecule is O=[N+](OC1CCCCCCCCC1)OC1CCCCCCCCC1. The molecule has 2 fully saturated rings. The zero-order valence-corrected chi connectivity index (χ0v) is 15.6. The zero-order chi connectivity index (χ0) is 16.9. The van der Waals surface area contributed by atoms with Crippen LogP contribution in [0.25, 0.3) is 0 Å². The van der Waals surface area contributed by atoms with Crippen LogP contribution in [-0.4, -0.2) is 17.3 Å². The third-order valence-electron chi connectivity index (χ3n) is 5.57. The summed E-state index contributed by atoms with van der Waals surface area (Å²) in [6, 6.07) is 0. The Hall–Kier alpha value is -0.800. The van der Waals surface area contributed by atoms with Gasteiger partial charge in [0.05, 0.1) is 0 Å². The van der Waals surface area contributed by atoms with Crippen molar-refractivity contribution in [2.75, 3.05) is 0 Å². The van der Waals surface area contributed by atoms with Crippen LogP contribution < -0.4 is 0 Å². The lowest BCUT2D eigenvalue weighted by Crippen LogP contribution is -2.26. The highest BCUT2D eigenvalue weighted by Crippen LogP contribution is 2.21. The lowest BCUT2D eigenvalue weighted by Gasteiger charge is -2.15. The molecule has 2 saturated carbocycles. The minimum absolute atomic E-state index is 0.0418. The summed E-state index contributed by atoms with van der Waals surface area (Å²) in [5.74, 6) is 0. The molecule has 0 aliphatic heterocycles. The first-order valence-electron chi connectivity index (χ1n) is 10.7. The van der Waals surface area contributed by atoms with E-state index < -0.39 is 0 Å². The second kappa shape index (κ2) is 12.5. The summed E-state index contributed by atoms with van der Waals surface area (Å²) >= 11 is 0. The monoisotopic (exact) mass is 340 g/mol. The molecule has 0 atom stereocenters. The largest absolute Gasteiger partial charge is 0.478 e. The lowest BCUT2D eigenvalue weighted by molar-refractivity contribution is -0.993. The van der Waals surface area contributed by atoms with Gasteiger partial charge in [0.25, 0.3) is 0 Å². The summed E-state index contributed by atoms with van der Waals surface area (Å²) in [6.07, 6.45) is 21.8. The molecule has 2 aliphatic rings. The average molecular weight is 341 g/mol. The van der Waals surface area contributed by atoms with Crippen molar-refractivity contribution in [1.82, 2.24) is 0 Å². The fourth-order valence-electron chi connectivity index (χ4n) is 4.02. The van der Waals surface area contributed by atoms with Crippen molar-refractivity contribution in [3.63, 3.8) is 0 Å². The fraction of sp³-hybridized carbons (Fsp3) is 1.00. The van der Waals surface area contributed by atoms with E-state index in [-0.39, 0.29) is 12.2 Å². The van der Waals surface area contributed by atoms with E-state index in [9.17, 15) is 4.91 Å². The number of rotatable bonds is 4. The smallest absolute Gasteiger partial charge is 0.183 e. The van der Waals surface area contributed by atoms with Crippen LogP contribution in [0.15, 0.2) is 0 Å². The first kappa shape index (κ1) is 19.5. The number of hydrogen-bond acceptors (Lipinski definition) is 3. The summed E-state index contributed by atoms with van der Waals surface area (Å²) in [7, 11) is 0. The van der Waals surface area contributed by atoms with Crippen molar-refractivity contribution in [2.45, 2.75) is 128 Å². The Balaban J connectivity index is 1.72. The van der Waals surface area contributed by atoms with Crippen molar-refractivity contribution in [2.24, 2.45) is 0 Å². The third kappa shape index (κ3) is 8.89. The molecule has 0 bridgehead atoms. The van der Waals surface area contributed by atoms with Crippen molar-refractivity contribution in [3.05, 3.63) is 4.91 Å². The maximum absolute atomic E-state index is 12.2. The highest BCUT2D eigenvalue weighted by atomic mass is 17.0. The molecule has 0 heterocycles. The fourth-order valence-corrected chi connectivity index (χ4v) is 4.02. The predicted octanol–water partition coefficient (Wildman–Crippen LogP) is 6.41. The molecule has 0 spiro atoms. The predicted molar refractivity (Wildman–Crippen MR) is 96.5 cm³/mol.